The molecule has 0 saturated carbocycles. The Labute approximate surface area is 134 Å². The van der Waals surface area contributed by atoms with Crippen molar-refractivity contribution in [2.45, 2.75) is 6.10 Å². The van der Waals surface area contributed by atoms with Crippen LogP contribution >= 0.6 is 11.6 Å². The van der Waals surface area contributed by atoms with Gasteiger partial charge in [-0.05, 0) is 30.3 Å². The van der Waals surface area contributed by atoms with Crippen molar-refractivity contribution in [1.29, 1.82) is 0 Å². The Bertz CT molecular complexity index is 705. The minimum absolute atomic E-state index is 0.0164. The summed E-state index contributed by atoms with van der Waals surface area (Å²) in [6, 6.07) is 9.59. The summed E-state index contributed by atoms with van der Waals surface area (Å²) in [5.41, 5.74) is 0.892. The highest BCUT2D eigenvalue weighted by Crippen LogP contribution is 2.23. The zero-order valence-electron chi connectivity index (χ0n) is 12.6. The second kappa shape index (κ2) is 6.10. The van der Waals surface area contributed by atoms with Gasteiger partial charge in [0, 0.05) is 31.0 Å². The van der Waals surface area contributed by atoms with Gasteiger partial charge in [0.25, 0.3) is 5.91 Å². The Balaban J connectivity index is 1.84. The Hall–Kier alpha value is -1.85. The van der Waals surface area contributed by atoms with Gasteiger partial charge in [-0.3, -0.25) is 4.79 Å². The van der Waals surface area contributed by atoms with Gasteiger partial charge in [-0.1, -0.05) is 11.6 Å². The average Bonchev–Trinajstić information content (AvgIpc) is 2.53. The number of likely N-dealkylation sites (N-methyl/N-ethyl adjacent to an activating group) is 1. The highest BCUT2D eigenvalue weighted by molar-refractivity contribution is 6.31. The fourth-order valence-electron chi connectivity index (χ4n) is 2.56. The Morgan fingerprint density at radius 1 is 1.36 bits per heavy atom. The number of carbonyl (C=O) groups is 1. The minimum Gasteiger partial charge on any atom is -0.365 e. The third kappa shape index (κ3) is 3.00. The van der Waals surface area contributed by atoms with Crippen molar-refractivity contribution < 1.29 is 9.53 Å². The number of morpholine rings is 1. The average molecular weight is 320 g/mol. The number of hydrogen-bond donors (Lipinski definition) is 0. The molecule has 0 spiro atoms. The maximum absolute atomic E-state index is 12.1. The number of pyridine rings is 1. The van der Waals surface area contributed by atoms with E-state index < -0.39 is 6.10 Å². The Kier molecular flexibility index (Phi) is 4.18. The smallest absolute Gasteiger partial charge is 0.253 e. The molecule has 1 saturated heterocycles. The van der Waals surface area contributed by atoms with Crippen molar-refractivity contribution in [3.05, 3.63) is 35.4 Å². The molecule has 0 bridgehead atoms. The van der Waals surface area contributed by atoms with Crippen LogP contribution in [0.1, 0.15) is 0 Å². The summed E-state index contributed by atoms with van der Waals surface area (Å²) in [5.74, 6) is 0.840. The van der Waals surface area contributed by atoms with Crippen molar-refractivity contribution in [1.82, 2.24) is 9.88 Å². The summed E-state index contributed by atoms with van der Waals surface area (Å²) >= 11 is 5.99. The number of benzene rings is 1. The van der Waals surface area contributed by atoms with Crippen LogP contribution in [0, 0.1) is 0 Å². The summed E-state index contributed by atoms with van der Waals surface area (Å²) in [7, 11) is 3.48. The first-order valence-corrected chi connectivity index (χ1v) is 7.56. The number of fused-ring (bicyclic) bond motifs is 1. The van der Waals surface area contributed by atoms with E-state index in [9.17, 15) is 4.79 Å². The topological polar surface area (TPSA) is 45.7 Å². The monoisotopic (exact) mass is 319 g/mol. The zero-order chi connectivity index (χ0) is 15.7. The highest BCUT2D eigenvalue weighted by atomic mass is 35.5. The third-order valence-electron chi connectivity index (χ3n) is 3.74. The largest absolute Gasteiger partial charge is 0.365 e. The second-order valence-electron chi connectivity index (χ2n) is 5.54. The molecule has 1 fully saturated rings. The number of hydrogen-bond acceptors (Lipinski definition) is 4. The molecule has 0 aliphatic carbocycles. The van der Waals surface area contributed by atoms with Gasteiger partial charge in [0.15, 0.2) is 6.10 Å². The number of ether oxygens (including phenoxy) is 1. The van der Waals surface area contributed by atoms with E-state index in [0.29, 0.717) is 18.2 Å². The number of carbonyl (C=O) groups excluding carboxylic acids is 1. The summed E-state index contributed by atoms with van der Waals surface area (Å²) in [6.07, 6.45) is -0.438. The van der Waals surface area contributed by atoms with Gasteiger partial charge in [0.1, 0.15) is 5.82 Å². The van der Waals surface area contributed by atoms with Gasteiger partial charge < -0.3 is 14.5 Å². The predicted octanol–water partition coefficient (Wildman–Crippen LogP) is 2.18. The molecule has 1 unspecified atom stereocenters. The first-order chi connectivity index (χ1) is 10.5. The molecule has 1 aliphatic rings. The van der Waals surface area contributed by atoms with Crippen LogP contribution in [0.15, 0.2) is 30.3 Å². The molecule has 2 heterocycles. The number of anilines is 1. The van der Waals surface area contributed by atoms with Crippen molar-refractivity contribution in [2.75, 3.05) is 38.7 Å². The van der Waals surface area contributed by atoms with E-state index in [1.807, 2.05) is 30.3 Å². The maximum Gasteiger partial charge on any atom is 0.253 e. The van der Waals surface area contributed by atoms with Gasteiger partial charge in [0.05, 0.1) is 18.7 Å². The molecule has 3 rings (SSSR count). The van der Waals surface area contributed by atoms with Crippen LogP contribution in [0.25, 0.3) is 10.9 Å². The zero-order valence-corrected chi connectivity index (χ0v) is 13.4. The SMILES string of the molecule is CN(C)C(=O)C1CN(c2ccc3cc(Cl)ccc3n2)CCO1. The highest BCUT2D eigenvalue weighted by Gasteiger charge is 2.28. The van der Waals surface area contributed by atoms with Gasteiger partial charge in [-0.15, -0.1) is 0 Å². The van der Waals surface area contributed by atoms with Gasteiger partial charge in [-0.25, -0.2) is 4.98 Å². The lowest BCUT2D eigenvalue weighted by molar-refractivity contribution is -0.141. The standard InChI is InChI=1S/C16H18ClN3O2/c1-19(2)16(21)14-10-20(7-8-22-14)15-6-3-11-9-12(17)4-5-13(11)18-15/h3-6,9,14H,7-8,10H2,1-2H3. The number of amides is 1. The van der Waals surface area contributed by atoms with E-state index in [4.69, 9.17) is 16.3 Å². The van der Waals surface area contributed by atoms with E-state index in [2.05, 4.69) is 9.88 Å². The third-order valence-corrected chi connectivity index (χ3v) is 3.98. The fraction of sp³-hybridized carbons (Fsp3) is 0.375. The van der Waals surface area contributed by atoms with E-state index in [0.717, 1.165) is 23.3 Å². The molecule has 22 heavy (non-hydrogen) atoms. The molecule has 6 heteroatoms. The predicted molar refractivity (Wildman–Crippen MR) is 87.4 cm³/mol. The van der Waals surface area contributed by atoms with Gasteiger partial charge >= 0.3 is 0 Å². The number of aromatic nitrogens is 1. The lowest BCUT2D eigenvalue weighted by atomic mass is 10.2. The van der Waals surface area contributed by atoms with Gasteiger partial charge in [-0.2, -0.15) is 0 Å². The van der Waals surface area contributed by atoms with Crippen molar-refractivity contribution in [2.24, 2.45) is 0 Å². The number of nitrogens with zero attached hydrogens (tertiary/aromatic N) is 3. The molecular weight excluding hydrogens is 302 g/mol. The van der Waals surface area contributed by atoms with Crippen molar-refractivity contribution in [3.63, 3.8) is 0 Å². The first-order valence-electron chi connectivity index (χ1n) is 7.18. The Morgan fingerprint density at radius 2 is 2.18 bits per heavy atom. The molecule has 1 aliphatic heterocycles. The normalized spacial score (nSPS) is 18.5. The summed E-state index contributed by atoms with van der Waals surface area (Å²) in [4.78, 5) is 20.4. The van der Waals surface area contributed by atoms with Gasteiger partial charge in [0.2, 0.25) is 0 Å². The van der Waals surface area contributed by atoms with Crippen LogP contribution in [-0.2, 0) is 9.53 Å². The molecule has 1 atom stereocenters. The number of halogens is 1. The lowest BCUT2D eigenvalue weighted by Gasteiger charge is -2.34. The molecule has 0 radical (unpaired) electrons. The quantitative estimate of drug-likeness (QED) is 0.851. The summed E-state index contributed by atoms with van der Waals surface area (Å²) in [5, 5.41) is 1.70. The van der Waals surface area contributed by atoms with E-state index in [1.165, 1.54) is 0 Å². The molecule has 0 N–H and O–H groups in total. The summed E-state index contributed by atoms with van der Waals surface area (Å²) in [6.45, 7) is 1.76. The van der Waals surface area contributed by atoms with E-state index in [-0.39, 0.29) is 5.91 Å². The van der Waals surface area contributed by atoms with Crippen LogP contribution in [0.5, 0.6) is 0 Å². The van der Waals surface area contributed by atoms with E-state index >= 15 is 0 Å². The molecule has 1 aromatic heterocycles. The molecule has 1 amide bonds. The van der Waals surface area contributed by atoms with E-state index in [1.54, 1.807) is 19.0 Å². The Morgan fingerprint density at radius 3 is 2.95 bits per heavy atom. The second-order valence-corrected chi connectivity index (χ2v) is 5.98. The molecule has 1 aromatic carbocycles. The summed E-state index contributed by atoms with van der Waals surface area (Å²) < 4.78 is 5.58. The first kappa shape index (κ1) is 15.1. The van der Waals surface area contributed by atoms with Crippen LogP contribution in [0.4, 0.5) is 5.82 Å². The molecule has 116 valence electrons. The minimum atomic E-state index is -0.438. The lowest BCUT2D eigenvalue weighted by Crippen LogP contribution is -2.49. The molecular formula is C16H18ClN3O2. The van der Waals surface area contributed by atoms with Crippen molar-refractivity contribution >= 4 is 34.2 Å². The van der Waals surface area contributed by atoms with Crippen molar-refractivity contribution in [3.8, 4) is 0 Å². The number of rotatable bonds is 2. The fourth-order valence-corrected chi connectivity index (χ4v) is 2.74. The molecule has 5 nitrogen and oxygen atoms in total. The molecule has 2 aromatic rings. The van der Waals surface area contributed by atoms with Crippen LogP contribution < -0.4 is 4.90 Å². The van der Waals surface area contributed by atoms with Crippen LogP contribution in [0.2, 0.25) is 5.02 Å². The van der Waals surface area contributed by atoms with Crippen LogP contribution in [-0.4, -0.2) is 55.7 Å². The maximum atomic E-state index is 12.1. The van der Waals surface area contributed by atoms with Crippen LogP contribution in [0.3, 0.4) is 0 Å².